The molecule has 0 radical (unpaired) electrons. The lowest BCUT2D eigenvalue weighted by molar-refractivity contribution is -0.129. The van der Waals surface area contributed by atoms with Crippen molar-refractivity contribution in [3.63, 3.8) is 0 Å². The third-order valence-corrected chi connectivity index (χ3v) is 3.70. The molecule has 1 saturated heterocycles. The van der Waals surface area contributed by atoms with E-state index in [2.05, 4.69) is 15.9 Å². The molecule has 1 aliphatic heterocycles. The molecule has 0 spiro atoms. The van der Waals surface area contributed by atoms with Crippen molar-refractivity contribution in [1.29, 1.82) is 0 Å². The fourth-order valence-electron chi connectivity index (χ4n) is 1.97. The van der Waals surface area contributed by atoms with Crippen molar-refractivity contribution in [2.75, 3.05) is 13.1 Å². The van der Waals surface area contributed by atoms with E-state index in [9.17, 15) is 9.18 Å². The second kappa shape index (κ2) is 5.14. The van der Waals surface area contributed by atoms with Crippen LogP contribution in [0.15, 0.2) is 22.7 Å². The molecule has 1 atom stereocenters. The van der Waals surface area contributed by atoms with E-state index in [1.54, 1.807) is 11.0 Å². The molecule has 1 heterocycles. The fraction of sp³-hybridized carbons (Fsp3) is 0.417. The van der Waals surface area contributed by atoms with Crippen LogP contribution in [0.25, 0.3) is 0 Å². The molecule has 0 aromatic heterocycles. The molecule has 17 heavy (non-hydrogen) atoms. The Hall–Kier alpha value is -0.940. The Kier molecular flexibility index (Phi) is 3.79. The molecule has 2 N–H and O–H groups in total. The van der Waals surface area contributed by atoms with Crippen molar-refractivity contribution in [1.82, 2.24) is 4.90 Å². The van der Waals surface area contributed by atoms with Gasteiger partial charge in [-0.2, -0.15) is 0 Å². The molecule has 1 unspecified atom stereocenters. The predicted octanol–water partition coefficient (Wildman–Crippen LogP) is 1.69. The van der Waals surface area contributed by atoms with Crippen molar-refractivity contribution >= 4 is 21.8 Å². The average molecular weight is 301 g/mol. The second-order valence-electron chi connectivity index (χ2n) is 4.30. The van der Waals surface area contributed by atoms with E-state index in [1.165, 1.54) is 12.1 Å². The van der Waals surface area contributed by atoms with Gasteiger partial charge >= 0.3 is 0 Å². The Bertz CT molecular complexity index is 439. The number of benzene rings is 1. The summed E-state index contributed by atoms with van der Waals surface area (Å²) in [6.07, 6.45) is 1.06. The van der Waals surface area contributed by atoms with E-state index in [0.29, 0.717) is 18.7 Å². The van der Waals surface area contributed by atoms with Crippen LogP contribution in [-0.4, -0.2) is 29.9 Å². The lowest BCUT2D eigenvalue weighted by Gasteiger charge is -2.16. The number of halogens is 2. The van der Waals surface area contributed by atoms with E-state index < -0.39 is 0 Å². The van der Waals surface area contributed by atoms with Gasteiger partial charge in [0, 0.05) is 23.6 Å². The number of likely N-dealkylation sites (tertiary alicyclic amines) is 1. The summed E-state index contributed by atoms with van der Waals surface area (Å²) in [6.45, 7) is 1.30. The summed E-state index contributed by atoms with van der Waals surface area (Å²) in [7, 11) is 0. The Morgan fingerprint density at radius 2 is 2.35 bits per heavy atom. The molecule has 1 fully saturated rings. The summed E-state index contributed by atoms with van der Waals surface area (Å²) in [5.41, 5.74) is 6.42. The van der Waals surface area contributed by atoms with Gasteiger partial charge in [-0.3, -0.25) is 4.79 Å². The SMILES string of the molecule is NC1CCN(C(=O)Cc2cc(F)ccc2Br)C1. The van der Waals surface area contributed by atoms with Gasteiger partial charge in [-0.15, -0.1) is 0 Å². The van der Waals surface area contributed by atoms with Crippen molar-refractivity contribution < 1.29 is 9.18 Å². The van der Waals surface area contributed by atoms with Gasteiger partial charge in [0.15, 0.2) is 0 Å². The zero-order chi connectivity index (χ0) is 12.4. The Labute approximate surface area is 108 Å². The third kappa shape index (κ3) is 3.04. The zero-order valence-electron chi connectivity index (χ0n) is 9.33. The number of amides is 1. The Morgan fingerprint density at radius 3 is 3.00 bits per heavy atom. The van der Waals surface area contributed by atoms with Gasteiger partial charge in [0.05, 0.1) is 6.42 Å². The molecule has 0 bridgehead atoms. The van der Waals surface area contributed by atoms with Crippen LogP contribution in [0.4, 0.5) is 4.39 Å². The van der Waals surface area contributed by atoms with Gasteiger partial charge < -0.3 is 10.6 Å². The standard InChI is InChI=1S/C12H14BrFN2O/c13-11-2-1-9(14)5-8(11)6-12(17)16-4-3-10(15)7-16/h1-2,5,10H,3-4,6-7,15H2. The van der Waals surface area contributed by atoms with Crippen LogP contribution >= 0.6 is 15.9 Å². The normalized spacial score (nSPS) is 19.7. The Balaban J connectivity index is 2.05. The van der Waals surface area contributed by atoms with Crippen LogP contribution in [0.3, 0.4) is 0 Å². The van der Waals surface area contributed by atoms with Crippen LogP contribution in [0, 0.1) is 5.82 Å². The van der Waals surface area contributed by atoms with Gasteiger partial charge in [-0.1, -0.05) is 15.9 Å². The van der Waals surface area contributed by atoms with Crippen LogP contribution in [0.2, 0.25) is 0 Å². The summed E-state index contributed by atoms with van der Waals surface area (Å²) in [5.74, 6) is -0.321. The molecule has 1 aromatic rings. The van der Waals surface area contributed by atoms with Crippen molar-refractivity contribution in [3.05, 3.63) is 34.1 Å². The summed E-state index contributed by atoms with van der Waals surface area (Å²) in [5, 5.41) is 0. The van der Waals surface area contributed by atoms with Gasteiger partial charge in [0.25, 0.3) is 0 Å². The number of carbonyl (C=O) groups excluding carboxylic acids is 1. The van der Waals surface area contributed by atoms with E-state index in [-0.39, 0.29) is 24.2 Å². The molecule has 0 saturated carbocycles. The van der Waals surface area contributed by atoms with Crippen molar-refractivity contribution in [3.8, 4) is 0 Å². The van der Waals surface area contributed by atoms with Crippen molar-refractivity contribution in [2.45, 2.75) is 18.9 Å². The summed E-state index contributed by atoms with van der Waals surface area (Å²) < 4.78 is 13.8. The minimum Gasteiger partial charge on any atom is -0.341 e. The van der Waals surface area contributed by atoms with Crippen molar-refractivity contribution in [2.24, 2.45) is 5.73 Å². The average Bonchev–Trinajstić information content (AvgIpc) is 2.70. The number of hydrogen-bond donors (Lipinski definition) is 1. The number of nitrogens with two attached hydrogens (primary N) is 1. The highest BCUT2D eigenvalue weighted by atomic mass is 79.9. The Morgan fingerprint density at radius 1 is 1.59 bits per heavy atom. The fourth-order valence-corrected chi connectivity index (χ4v) is 2.35. The van der Waals surface area contributed by atoms with Gasteiger partial charge in [-0.25, -0.2) is 4.39 Å². The maximum Gasteiger partial charge on any atom is 0.227 e. The molecule has 3 nitrogen and oxygen atoms in total. The minimum atomic E-state index is -0.325. The maximum atomic E-state index is 13.1. The molecular formula is C12H14BrFN2O. The lowest BCUT2D eigenvalue weighted by atomic mass is 10.1. The predicted molar refractivity (Wildman–Crippen MR) is 67.0 cm³/mol. The highest BCUT2D eigenvalue weighted by Gasteiger charge is 2.23. The van der Waals surface area contributed by atoms with E-state index >= 15 is 0 Å². The van der Waals surface area contributed by atoms with E-state index in [1.807, 2.05) is 0 Å². The summed E-state index contributed by atoms with van der Waals surface area (Å²) in [4.78, 5) is 13.7. The summed E-state index contributed by atoms with van der Waals surface area (Å²) >= 11 is 3.32. The first-order valence-corrected chi connectivity index (χ1v) is 6.33. The molecule has 0 aliphatic carbocycles. The first-order valence-electron chi connectivity index (χ1n) is 5.53. The monoisotopic (exact) mass is 300 g/mol. The highest BCUT2D eigenvalue weighted by Crippen LogP contribution is 2.20. The van der Waals surface area contributed by atoms with Gasteiger partial charge in [-0.05, 0) is 30.2 Å². The highest BCUT2D eigenvalue weighted by molar-refractivity contribution is 9.10. The smallest absolute Gasteiger partial charge is 0.227 e. The molecule has 92 valence electrons. The lowest BCUT2D eigenvalue weighted by Crippen LogP contribution is -2.33. The molecular weight excluding hydrogens is 287 g/mol. The third-order valence-electron chi connectivity index (χ3n) is 2.93. The van der Waals surface area contributed by atoms with Crippen LogP contribution in [-0.2, 0) is 11.2 Å². The molecule has 1 amide bonds. The molecule has 1 aromatic carbocycles. The summed E-state index contributed by atoms with van der Waals surface area (Å²) in [6, 6.07) is 4.45. The van der Waals surface area contributed by atoms with Gasteiger partial charge in [0.2, 0.25) is 5.91 Å². The minimum absolute atomic E-state index is 0.00394. The second-order valence-corrected chi connectivity index (χ2v) is 5.16. The zero-order valence-corrected chi connectivity index (χ0v) is 10.9. The van der Waals surface area contributed by atoms with Crippen LogP contribution < -0.4 is 5.73 Å². The number of carbonyl (C=O) groups is 1. The quantitative estimate of drug-likeness (QED) is 0.903. The molecule has 2 rings (SSSR count). The molecule has 5 heteroatoms. The maximum absolute atomic E-state index is 13.1. The van der Waals surface area contributed by atoms with E-state index in [4.69, 9.17) is 5.73 Å². The first-order chi connectivity index (χ1) is 8.06. The largest absolute Gasteiger partial charge is 0.341 e. The number of rotatable bonds is 2. The molecule has 1 aliphatic rings. The van der Waals surface area contributed by atoms with Crippen LogP contribution in [0.1, 0.15) is 12.0 Å². The topological polar surface area (TPSA) is 46.3 Å². The van der Waals surface area contributed by atoms with Crippen LogP contribution in [0.5, 0.6) is 0 Å². The first kappa shape index (κ1) is 12.5. The van der Waals surface area contributed by atoms with E-state index in [0.717, 1.165) is 10.9 Å². The number of hydrogen-bond acceptors (Lipinski definition) is 2. The number of nitrogens with zero attached hydrogens (tertiary/aromatic N) is 1. The van der Waals surface area contributed by atoms with Gasteiger partial charge in [0.1, 0.15) is 5.82 Å².